The molecule has 0 spiro atoms. The summed E-state index contributed by atoms with van der Waals surface area (Å²) in [6.07, 6.45) is -2.08. The number of pyridine rings is 1. The number of alkyl halides is 3. The highest BCUT2D eigenvalue weighted by molar-refractivity contribution is 5.94. The number of amides is 1. The molecule has 1 aromatic carbocycles. The second-order valence-electron chi connectivity index (χ2n) is 9.30. The van der Waals surface area contributed by atoms with E-state index in [0.717, 1.165) is 44.1 Å². The summed E-state index contributed by atoms with van der Waals surface area (Å²) in [6.45, 7) is 9.75. The van der Waals surface area contributed by atoms with Crippen molar-refractivity contribution in [1.82, 2.24) is 15.2 Å². The van der Waals surface area contributed by atoms with Crippen LogP contribution in [0.5, 0.6) is 0 Å². The minimum atomic E-state index is -4.39. The van der Waals surface area contributed by atoms with E-state index in [1.165, 1.54) is 6.07 Å². The maximum absolute atomic E-state index is 12.7. The number of aromatic nitrogens is 1. The predicted molar refractivity (Wildman–Crippen MR) is 127 cm³/mol. The Morgan fingerprint density at radius 1 is 0.941 bits per heavy atom. The van der Waals surface area contributed by atoms with Crippen LogP contribution in [-0.2, 0) is 6.18 Å². The molecular weight excluding hydrogens is 443 g/mol. The minimum Gasteiger partial charge on any atom is -0.369 e. The normalized spacial score (nSPS) is 18.4. The predicted octanol–water partition coefficient (Wildman–Crippen LogP) is 4.03. The lowest BCUT2D eigenvalue weighted by Crippen LogP contribution is -2.48. The van der Waals surface area contributed by atoms with E-state index in [1.807, 2.05) is 29.2 Å². The molecule has 2 aliphatic heterocycles. The number of carbonyl (C=O) groups excluding carboxylic acids is 1. The van der Waals surface area contributed by atoms with Crippen molar-refractivity contribution in [3.05, 3.63) is 53.7 Å². The molecule has 1 N–H and O–H groups in total. The quantitative estimate of drug-likeness (QED) is 0.708. The van der Waals surface area contributed by atoms with Gasteiger partial charge in [-0.1, -0.05) is 0 Å². The molecule has 2 saturated heterocycles. The first-order chi connectivity index (χ1) is 16.2. The van der Waals surface area contributed by atoms with Crippen molar-refractivity contribution in [3.63, 3.8) is 0 Å². The van der Waals surface area contributed by atoms with E-state index >= 15 is 0 Å². The molecule has 0 unspecified atom stereocenters. The summed E-state index contributed by atoms with van der Waals surface area (Å²) in [6, 6.07) is 10.8. The van der Waals surface area contributed by atoms with E-state index in [0.29, 0.717) is 43.4 Å². The summed E-state index contributed by atoms with van der Waals surface area (Å²) < 4.78 is 38.2. The van der Waals surface area contributed by atoms with Crippen molar-refractivity contribution in [2.75, 3.05) is 49.1 Å². The van der Waals surface area contributed by atoms with Gasteiger partial charge in [-0.25, -0.2) is 4.98 Å². The molecule has 0 saturated carbocycles. The number of hydrogen-bond acceptors (Lipinski definition) is 5. The van der Waals surface area contributed by atoms with Crippen molar-refractivity contribution < 1.29 is 18.0 Å². The maximum atomic E-state index is 12.7. The minimum absolute atomic E-state index is 0.0296. The molecule has 3 heterocycles. The number of benzene rings is 1. The van der Waals surface area contributed by atoms with Gasteiger partial charge in [0.1, 0.15) is 5.82 Å². The van der Waals surface area contributed by atoms with Crippen LogP contribution >= 0.6 is 0 Å². The molecule has 34 heavy (non-hydrogen) atoms. The topological polar surface area (TPSA) is 51.7 Å². The van der Waals surface area contributed by atoms with Crippen LogP contribution in [0.4, 0.5) is 24.7 Å². The number of rotatable bonds is 5. The van der Waals surface area contributed by atoms with Crippen molar-refractivity contribution in [3.8, 4) is 0 Å². The lowest BCUT2D eigenvalue weighted by Gasteiger charge is -2.38. The van der Waals surface area contributed by atoms with Gasteiger partial charge in [0.25, 0.3) is 5.91 Å². The molecule has 2 aliphatic rings. The van der Waals surface area contributed by atoms with E-state index in [9.17, 15) is 18.0 Å². The van der Waals surface area contributed by atoms with Gasteiger partial charge in [0.2, 0.25) is 0 Å². The largest absolute Gasteiger partial charge is 0.417 e. The Balaban J connectivity index is 1.25. The SMILES string of the molecule is CC(C)N1CCN(c2ccc(C(=O)NC3CCN(c4ccc(C(F)(F)F)cn4)CC3)cc2)CC1. The highest BCUT2D eigenvalue weighted by atomic mass is 19.4. The molecular formula is C25H32F3N5O. The first kappa shape index (κ1) is 24.3. The first-order valence-electron chi connectivity index (χ1n) is 11.9. The highest BCUT2D eigenvalue weighted by Gasteiger charge is 2.31. The molecule has 0 aliphatic carbocycles. The van der Waals surface area contributed by atoms with Gasteiger partial charge in [-0.3, -0.25) is 9.69 Å². The van der Waals surface area contributed by atoms with Crippen molar-refractivity contribution in [1.29, 1.82) is 0 Å². The van der Waals surface area contributed by atoms with Crippen LogP contribution in [-0.4, -0.2) is 67.1 Å². The van der Waals surface area contributed by atoms with Crippen LogP contribution in [0.2, 0.25) is 0 Å². The molecule has 184 valence electrons. The van der Waals surface area contributed by atoms with Crippen molar-refractivity contribution >= 4 is 17.4 Å². The van der Waals surface area contributed by atoms with E-state index in [-0.39, 0.29) is 11.9 Å². The number of halogens is 3. The van der Waals surface area contributed by atoms with Gasteiger partial charge in [0.15, 0.2) is 0 Å². The van der Waals surface area contributed by atoms with Gasteiger partial charge >= 0.3 is 6.18 Å². The zero-order valence-corrected chi connectivity index (χ0v) is 19.7. The monoisotopic (exact) mass is 475 g/mol. The highest BCUT2D eigenvalue weighted by Crippen LogP contribution is 2.30. The Labute approximate surface area is 198 Å². The Kier molecular flexibility index (Phi) is 7.30. The second kappa shape index (κ2) is 10.2. The number of nitrogens with one attached hydrogen (secondary N) is 1. The lowest BCUT2D eigenvalue weighted by molar-refractivity contribution is -0.137. The van der Waals surface area contributed by atoms with Gasteiger partial charge < -0.3 is 15.1 Å². The Hall–Kier alpha value is -2.81. The molecule has 6 nitrogen and oxygen atoms in total. The van der Waals surface area contributed by atoms with Crippen LogP contribution in [0.15, 0.2) is 42.6 Å². The molecule has 0 atom stereocenters. The fourth-order valence-corrected chi connectivity index (χ4v) is 4.58. The van der Waals surface area contributed by atoms with Gasteiger partial charge in [-0.15, -0.1) is 0 Å². The third-order valence-corrected chi connectivity index (χ3v) is 6.77. The molecule has 4 rings (SSSR count). The maximum Gasteiger partial charge on any atom is 0.417 e. The molecule has 2 fully saturated rings. The summed E-state index contributed by atoms with van der Waals surface area (Å²) in [5.74, 6) is 0.435. The molecule has 9 heteroatoms. The Bertz CT molecular complexity index is 946. The van der Waals surface area contributed by atoms with Crippen molar-refractivity contribution in [2.24, 2.45) is 0 Å². The summed E-state index contributed by atoms with van der Waals surface area (Å²) >= 11 is 0. The van der Waals surface area contributed by atoms with Crippen LogP contribution in [0.3, 0.4) is 0 Å². The third-order valence-electron chi connectivity index (χ3n) is 6.77. The standard InChI is InChI=1S/C25H32F3N5O/c1-18(2)31-13-15-32(16-14-31)22-6-3-19(4-7-22)24(34)30-21-9-11-33(12-10-21)23-8-5-20(17-29-23)25(26,27)28/h3-8,17-18,21H,9-16H2,1-2H3,(H,30,34). The molecule has 1 aromatic heterocycles. The van der Waals surface area contributed by atoms with Gasteiger partial charge in [-0.05, 0) is 63.1 Å². The van der Waals surface area contributed by atoms with E-state index < -0.39 is 11.7 Å². The fraction of sp³-hybridized carbons (Fsp3) is 0.520. The molecule has 0 radical (unpaired) electrons. The number of piperidine rings is 1. The van der Waals surface area contributed by atoms with Crippen molar-refractivity contribution in [2.45, 2.75) is 44.9 Å². The van der Waals surface area contributed by atoms with Gasteiger partial charge in [-0.2, -0.15) is 13.2 Å². The molecule has 2 aromatic rings. The van der Waals surface area contributed by atoms with Gasteiger partial charge in [0.05, 0.1) is 5.56 Å². The number of carbonyl (C=O) groups is 1. The van der Waals surface area contributed by atoms with E-state index in [4.69, 9.17) is 0 Å². The number of anilines is 2. The molecule has 0 bridgehead atoms. The van der Waals surface area contributed by atoms with Crippen LogP contribution in [0.25, 0.3) is 0 Å². The summed E-state index contributed by atoms with van der Waals surface area (Å²) in [7, 11) is 0. The first-order valence-corrected chi connectivity index (χ1v) is 11.9. The summed E-state index contributed by atoms with van der Waals surface area (Å²) in [5.41, 5.74) is 1.02. The van der Waals surface area contributed by atoms with Crippen LogP contribution in [0.1, 0.15) is 42.6 Å². The smallest absolute Gasteiger partial charge is 0.369 e. The van der Waals surface area contributed by atoms with E-state index in [1.54, 1.807) is 0 Å². The fourth-order valence-electron chi connectivity index (χ4n) is 4.58. The van der Waals surface area contributed by atoms with Crippen LogP contribution in [0, 0.1) is 0 Å². The average Bonchev–Trinajstić information content (AvgIpc) is 2.84. The lowest BCUT2D eigenvalue weighted by atomic mass is 10.0. The zero-order valence-electron chi connectivity index (χ0n) is 19.7. The Morgan fingerprint density at radius 3 is 2.12 bits per heavy atom. The number of hydrogen-bond donors (Lipinski definition) is 1. The second-order valence-corrected chi connectivity index (χ2v) is 9.30. The summed E-state index contributed by atoms with van der Waals surface area (Å²) in [4.78, 5) is 23.5. The summed E-state index contributed by atoms with van der Waals surface area (Å²) in [5, 5.41) is 3.10. The van der Waals surface area contributed by atoms with Crippen LogP contribution < -0.4 is 15.1 Å². The number of nitrogens with zero attached hydrogens (tertiary/aromatic N) is 4. The number of piperazine rings is 1. The average molecular weight is 476 g/mol. The third kappa shape index (κ3) is 5.81. The van der Waals surface area contributed by atoms with Gasteiger partial charge in [0, 0.05) is 68.8 Å². The zero-order chi connectivity index (χ0) is 24.3. The van der Waals surface area contributed by atoms with E-state index in [2.05, 4.69) is 33.9 Å². The molecule has 1 amide bonds. The Morgan fingerprint density at radius 2 is 1.59 bits per heavy atom.